The Morgan fingerprint density at radius 3 is 2.68 bits per heavy atom. The molecular weight excluding hydrogens is 368 g/mol. The smallest absolute Gasteiger partial charge is 0.260 e. The van der Waals surface area contributed by atoms with Gasteiger partial charge in [-0.25, -0.2) is 4.39 Å². The molecule has 0 saturated carbocycles. The van der Waals surface area contributed by atoms with Gasteiger partial charge in [-0.05, 0) is 35.9 Å². The summed E-state index contributed by atoms with van der Waals surface area (Å²) in [7, 11) is 0. The van der Waals surface area contributed by atoms with Gasteiger partial charge in [0, 0.05) is 16.6 Å². The minimum absolute atomic E-state index is 0.0577. The third kappa shape index (κ3) is 4.63. The van der Waals surface area contributed by atoms with Gasteiger partial charge >= 0.3 is 0 Å². The van der Waals surface area contributed by atoms with Crippen molar-refractivity contribution in [3.05, 3.63) is 63.9 Å². The number of carbonyl (C=O) groups excluding carboxylic acids is 1. The summed E-state index contributed by atoms with van der Waals surface area (Å²) in [6, 6.07) is 11.2. The maximum absolute atomic E-state index is 13.5. The minimum Gasteiger partial charge on any atom is -0.481 e. The molecule has 0 unspecified atom stereocenters. The molecule has 1 aliphatic heterocycles. The first-order chi connectivity index (χ1) is 12.0. The zero-order chi connectivity index (χ0) is 17.8. The number of benzene rings is 2. The molecule has 4 nitrogen and oxygen atoms in total. The van der Waals surface area contributed by atoms with E-state index in [2.05, 4.69) is 0 Å². The zero-order valence-corrected chi connectivity index (χ0v) is 14.8. The van der Waals surface area contributed by atoms with Crippen LogP contribution in [0.2, 0.25) is 10.0 Å². The number of morpholine rings is 1. The third-order valence-corrected chi connectivity index (χ3v) is 4.30. The van der Waals surface area contributed by atoms with Gasteiger partial charge in [0.2, 0.25) is 0 Å². The molecule has 1 aliphatic rings. The number of para-hydroxylation sites is 1. The molecule has 1 heterocycles. The Hall–Kier alpha value is -1.82. The van der Waals surface area contributed by atoms with E-state index in [1.165, 1.54) is 12.1 Å². The highest BCUT2D eigenvalue weighted by Gasteiger charge is 2.26. The van der Waals surface area contributed by atoms with Gasteiger partial charge in [0.05, 0.1) is 13.2 Å². The largest absolute Gasteiger partial charge is 0.481 e. The Labute approximate surface area is 155 Å². The van der Waals surface area contributed by atoms with Crippen LogP contribution in [0.1, 0.15) is 11.7 Å². The van der Waals surface area contributed by atoms with Crippen LogP contribution in [0.4, 0.5) is 4.39 Å². The third-order valence-electron chi connectivity index (χ3n) is 3.86. The average Bonchev–Trinajstić information content (AvgIpc) is 2.60. The first kappa shape index (κ1) is 18.0. The molecule has 25 heavy (non-hydrogen) atoms. The van der Waals surface area contributed by atoms with Crippen LogP contribution in [0.5, 0.6) is 5.75 Å². The van der Waals surface area contributed by atoms with Crippen LogP contribution in [-0.4, -0.2) is 37.1 Å². The van der Waals surface area contributed by atoms with E-state index in [1.807, 2.05) is 0 Å². The molecule has 2 aromatic carbocycles. The van der Waals surface area contributed by atoms with Crippen LogP contribution in [0.15, 0.2) is 42.5 Å². The first-order valence-corrected chi connectivity index (χ1v) is 8.51. The highest BCUT2D eigenvalue weighted by atomic mass is 35.5. The summed E-state index contributed by atoms with van der Waals surface area (Å²) in [5.41, 5.74) is 0.810. The van der Waals surface area contributed by atoms with Crippen LogP contribution < -0.4 is 4.74 Å². The van der Waals surface area contributed by atoms with E-state index in [0.29, 0.717) is 29.7 Å². The van der Waals surface area contributed by atoms with Gasteiger partial charge in [-0.3, -0.25) is 4.79 Å². The summed E-state index contributed by atoms with van der Waals surface area (Å²) in [5, 5.41) is 1.02. The van der Waals surface area contributed by atoms with Crippen molar-refractivity contribution in [3.8, 4) is 5.75 Å². The molecule has 0 bridgehead atoms. The number of nitrogens with zero attached hydrogens (tertiary/aromatic N) is 1. The standard InChI is InChI=1S/C18H16Cl2FNO3/c19-13-7-12(8-14(20)9-13)17-10-22(5-6-24-17)18(23)11-25-16-4-2-1-3-15(16)21/h1-4,7-9,17H,5-6,10-11H2/t17-/m1/s1. The van der Waals surface area contributed by atoms with Crippen molar-refractivity contribution in [3.63, 3.8) is 0 Å². The second-order valence-corrected chi connectivity index (χ2v) is 6.49. The van der Waals surface area contributed by atoms with Crippen molar-refractivity contribution >= 4 is 29.1 Å². The molecule has 1 atom stereocenters. The van der Waals surface area contributed by atoms with Gasteiger partial charge < -0.3 is 14.4 Å². The lowest BCUT2D eigenvalue weighted by atomic mass is 10.1. The molecule has 2 aromatic rings. The highest BCUT2D eigenvalue weighted by Crippen LogP contribution is 2.28. The lowest BCUT2D eigenvalue weighted by molar-refractivity contribution is -0.141. The van der Waals surface area contributed by atoms with E-state index in [-0.39, 0.29) is 24.4 Å². The minimum atomic E-state index is -0.497. The Bertz CT molecular complexity index is 751. The van der Waals surface area contributed by atoms with Crippen molar-refractivity contribution in [1.29, 1.82) is 0 Å². The second kappa shape index (κ2) is 8.04. The molecular formula is C18H16Cl2FNO3. The zero-order valence-electron chi connectivity index (χ0n) is 13.3. The molecule has 0 aliphatic carbocycles. The molecule has 1 fully saturated rings. The number of carbonyl (C=O) groups is 1. The number of rotatable bonds is 4. The molecule has 7 heteroatoms. The summed E-state index contributed by atoms with van der Waals surface area (Å²) in [6.07, 6.45) is -0.317. The molecule has 132 valence electrons. The van der Waals surface area contributed by atoms with Gasteiger partial charge in [0.15, 0.2) is 18.2 Å². The van der Waals surface area contributed by atoms with Crippen molar-refractivity contribution < 1.29 is 18.7 Å². The van der Waals surface area contributed by atoms with Crippen molar-refractivity contribution in [1.82, 2.24) is 4.90 Å². The van der Waals surface area contributed by atoms with Crippen molar-refractivity contribution in [2.45, 2.75) is 6.10 Å². The highest BCUT2D eigenvalue weighted by molar-refractivity contribution is 6.34. The predicted molar refractivity (Wildman–Crippen MR) is 93.6 cm³/mol. The monoisotopic (exact) mass is 383 g/mol. The lowest BCUT2D eigenvalue weighted by Crippen LogP contribution is -2.44. The van der Waals surface area contributed by atoms with E-state index in [0.717, 1.165) is 5.56 Å². The fourth-order valence-electron chi connectivity index (χ4n) is 2.63. The van der Waals surface area contributed by atoms with Gasteiger partial charge in [-0.15, -0.1) is 0 Å². The number of amides is 1. The topological polar surface area (TPSA) is 38.8 Å². The van der Waals surface area contributed by atoms with Gasteiger partial charge in [0.1, 0.15) is 6.10 Å². The number of hydrogen-bond acceptors (Lipinski definition) is 3. The maximum atomic E-state index is 13.5. The quantitative estimate of drug-likeness (QED) is 0.797. The van der Waals surface area contributed by atoms with Gasteiger partial charge in [-0.2, -0.15) is 0 Å². The van der Waals surface area contributed by atoms with Gasteiger partial charge in [-0.1, -0.05) is 35.3 Å². The van der Waals surface area contributed by atoms with E-state index in [1.54, 1.807) is 35.2 Å². The van der Waals surface area contributed by atoms with Crippen LogP contribution in [0.3, 0.4) is 0 Å². The summed E-state index contributed by atoms with van der Waals surface area (Å²) in [6.45, 7) is 0.963. The molecule has 0 radical (unpaired) electrons. The molecule has 3 rings (SSSR count). The van der Waals surface area contributed by atoms with E-state index in [9.17, 15) is 9.18 Å². The molecule has 1 saturated heterocycles. The van der Waals surface area contributed by atoms with Crippen LogP contribution in [-0.2, 0) is 9.53 Å². The lowest BCUT2D eigenvalue weighted by Gasteiger charge is -2.33. The summed E-state index contributed by atoms with van der Waals surface area (Å²) < 4.78 is 24.6. The number of hydrogen-bond donors (Lipinski definition) is 0. The Kier molecular flexibility index (Phi) is 5.78. The summed E-state index contributed by atoms with van der Waals surface area (Å²) in [4.78, 5) is 14.0. The SMILES string of the molecule is O=C(COc1ccccc1F)N1CCO[C@@H](c2cc(Cl)cc(Cl)c2)C1. The maximum Gasteiger partial charge on any atom is 0.260 e. The fourth-order valence-corrected chi connectivity index (χ4v) is 3.17. The first-order valence-electron chi connectivity index (χ1n) is 7.75. The van der Waals surface area contributed by atoms with Crippen LogP contribution >= 0.6 is 23.2 Å². The molecule has 0 spiro atoms. The normalized spacial score (nSPS) is 17.4. The Morgan fingerprint density at radius 2 is 1.96 bits per heavy atom. The molecule has 0 aromatic heterocycles. The molecule has 0 N–H and O–H groups in total. The van der Waals surface area contributed by atoms with Crippen molar-refractivity contribution in [2.75, 3.05) is 26.3 Å². The summed E-state index contributed by atoms with van der Waals surface area (Å²) >= 11 is 12.0. The van der Waals surface area contributed by atoms with E-state index in [4.69, 9.17) is 32.7 Å². The predicted octanol–water partition coefficient (Wildman–Crippen LogP) is 4.11. The number of ether oxygens (including phenoxy) is 2. The second-order valence-electron chi connectivity index (χ2n) is 5.62. The van der Waals surface area contributed by atoms with E-state index >= 15 is 0 Å². The Morgan fingerprint density at radius 1 is 1.24 bits per heavy atom. The fraction of sp³-hybridized carbons (Fsp3) is 0.278. The van der Waals surface area contributed by atoms with Crippen LogP contribution in [0.25, 0.3) is 0 Å². The number of halogens is 3. The molecule has 1 amide bonds. The Balaban J connectivity index is 1.62. The average molecular weight is 384 g/mol. The van der Waals surface area contributed by atoms with Crippen molar-refractivity contribution in [2.24, 2.45) is 0 Å². The van der Waals surface area contributed by atoms with E-state index < -0.39 is 5.82 Å². The van der Waals surface area contributed by atoms with Crippen LogP contribution in [0, 0.1) is 5.82 Å². The summed E-state index contributed by atoms with van der Waals surface area (Å²) in [5.74, 6) is -0.671. The van der Waals surface area contributed by atoms with Gasteiger partial charge in [0.25, 0.3) is 5.91 Å².